The number of carbonyl (C=O) groups is 3. The van der Waals surface area contributed by atoms with Crippen LogP contribution in [0.15, 0.2) is 48.5 Å². The van der Waals surface area contributed by atoms with E-state index < -0.39 is 11.6 Å². The second kappa shape index (κ2) is 6.95. The Balaban J connectivity index is 1.54. The molecule has 1 atom stereocenters. The summed E-state index contributed by atoms with van der Waals surface area (Å²) in [6.07, 6.45) is 0.913. The van der Waals surface area contributed by atoms with Crippen molar-refractivity contribution in [1.82, 2.24) is 4.90 Å². The number of halogens is 1. The highest BCUT2D eigenvalue weighted by Crippen LogP contribution is 2.43. The number of benzene rings is 2. The molecule has 0 bridgehead atoms. The van der Waals surface area contributed by atoms with Crippen molar-refractivity contribution >= 4 is 35.1 Å². The quantitative estimate of drug-likeness (QED) is 0.582. The number of fused-ring (bicyclic) bond motifs is 3. The van der Waals surface area contributed by atoms with Gasteiger partial charge in [0, 0.05) is 18.0 Å². The van der Waals surface area contributed by atoms with E-state index in [1.54, 1.807) is 52.3 Å². The van der Waals surface area contributed by atoms with Gasteiger partial charge in [-0.15, -0.1) is 0 Å². The van der Waals surface area contributed by atoms with Gasteiger partial charge in [0.2, 0.25) is 5.91 Å². The van der Waals surface area contributed by atoms with Crippen molar-refractivity contribution in [3.63, 3.8) is 0 Å². The zero-order chi connectivity index (χ0) is 19.9. The minimum absolute atomic E-state index is 0.0174. The summed E-state index contributed by atoms with van der Waals surface area (Å²) in [7, 11) is 0. The first-order chi connectivity index (χ1) is 13.4. The largest absolute Gasteiger partial charge is 0.426 e. The van der Waals surface area contributed by atoms with Gasteiger partial charge >= 0.3 is 5.97 Å². The Morgan fingerprint density at radius 2 is 1.86 bits per heavy atom. The minimum atomic E-state index is -0.775. The Labute approximate surface area is 167 Å². The molecule has 2 aliphatic heterocycles. The summed E-state index contributed by atoms with van der Waals surface area (Å²) in [5.41, 5.74) is 0.335. The summed E-state index contributed by atoms with van der Waals surface area (Å²) in [4.78, 5) is 41.2. The Morgan fingerprint density at radius 3 is 2.61 bits per heavy atom. The van der Waals surface area contributed by atoms with Gasteiger partial charge in [-0.2, -0.15) is 0 Å². The van der Waals surface area contributed by atoms with Crippen LogP contribution in [0.3, 0.4) is 0 Å². The summed E-state index contributed by atoms with van der Waals surface area (Å²) in [6, 6.07) is 13.6. The average molecular weight is 399 g/mol. The third kappa shape index (κ3) is 3.03. The minimum Gasteiger partial charge on any atom is -0.426 e. The summed E-state index contributed by atoms with van der Waals surface area (Å²) in [5.74, 6) is -0.249. The lowest BCUT2D eigenvalue weighted by Gasteiger charge is -2.48. The molecular formula is C21H19ClN2O4. The smallest absolute Gasteiger partial charge is 0.312 e. The number of ether oxygens (including phenoxy) is 1. The average Bonchev–Trinajstić information content (AvgIpc) is 2.99. The molecule has 0 aliphatic carbocycles. The first kappa shape index (κ1) is 18.5. The van der Waals surface area contributed by atoms with Crippen molar-refractivity contribution in [2.75, 3.05) is 11.4 Å². The number of hydrogen-bond acceptors (Lipinski definition) is 4. The molecular weight excluding hydrogens is 380 g/mol. The predicted molar refractivity (Wildman–Crippen MR) is 104 cm³/mol. The van der Waals surface area contributed by atoms with E-state index in [-0.39, 0.29) is 24.8 Å². The summed E-state index contributed by atoms with van der Waals surface area (Å²) >= 11 is 5.83. The SMILES string of the molecule is CC12CCC(=O)N1c1ccccc1C(=O)N2CCC(=O)Oc1ccc(Cl)cc1. The standard InChI is InChI=1S/C21H19ClN2O4/c1-21-12-10-18(25)24(21)17-5-3-2-4-16(17)20(27)23(21)13-11-19(26)28-15-8-6-14(22)7-9-15/h2-9H,10-13H2,1H3. The van der Waals surface area contributed by atoms with Crippen molar-refractivity contribution in [2.24, 2.45) is 0 Å². The van der Waals surface area contributed by atoms with E-state index in [1.165, 1.54) is 0 Å². The zero-order valence-electron chi connectivity index (χ0n) is 15.4. The van der Waals surface area contributed by atoms with Crippen LogP contribution in [0.1, 0.15) is 36.5 Å². The molecule has 2 aromatic rings. The summed E-state index contributed by atoms with van der Waals surface area (Å²) in [5, 5.41) is 0.552. The van der Waals surface area contributed by atoms with E-state index in [1.807, 2.05) is 13.0 Å². The molecule has 0 saturated carbocycles. The van der Waals surface area contributed by atoms with Crippen LogP contribution in [0.4, 0.5) is 5.69 Å². The van der Waals surface area contributed by atoms with Gasteiger partial charge in [0.15, 0.2) is 0 Å². The second-order valence-electron chi connectivity index (χ2n) is 7.10. The van der Waals surface area contributed by atoms with Gasteiger partial charge in [0.25, 0.3) is 5.91 Å². The molecule has 7 heteroatoms. The maximum atomic E-state index is 13.1. The first-order valence-corrected chi connectivity index (χ1v) is 9.48. The molecule has 1 saturated heterocycles. The molecule has 2 aliphatic rings. The van der Waals surface area contributed by atoms with Gasteiger partial charge in [-0.3, -0.25) is 19.3 Å². The Morgan fingerprint density at radius 1 is 1.14 bits per heavy atom. The normalized spacial score (nSPS) is 20.8. The van der Waals surface area contributed by atoms with Crippen LogP contribution in [-0.4, -0.2) is 34.9 Å². The summed E-state index contributed by atoms with van der Waals surface area (Å²) in [6.45, 7) is 2.04. The molecule has 1 unspecified atom stereocenters. The molecule has 0 aromatic heterocycles. The zero-order valence-corrected chi connectivity index (χ0v) is 16.1. The van der Waals surface area contributed by atoms with Crippen molar-refractivity contribution < 1.29 is 19.1 Å². The highest BCUT2D eigenvalue weighted by Gasteiger charge is 2.52. The van der Waals surface area contributed by atoms with Crippen LogP contribution in [-0.2, 0) is 9.59 Å². The second-order valence-corrected chi connectivity index (χ2v) is 7.53. The molecule has 2 aromatic carbocycles. The van der Waals surface area contributed by atoms with E-state index in [0.717, 1.165) is 0 Å². The maximum absolute atomic E-state index is 13.1. The monoisotopic (exact) mass is 398 g/mol. The van der Waals surface area contributed by atoms with Crippen molar-refractivity contribution in [3.05, 3.63) is 59.1 Å². The molecule has 2 amide bonds. The Hall–Kier alpha value is -2.86. The lowest BCUT2D eigenvalue weighted by atomic mass is 9.98. The van der Waals surface area contributed by atoms with E-state index in [0.29, 0.717) is 34.9 Å². The van der Waals surface area contributed by atoms with Gasteiger partial charge in [0.05, 0.1) is 17.7 Å². The highest BCUT2D eigenvalue weighted by atomic mass is 35.5. The van der Waals surface area contributed by atoms with Gasteiger partial charge in [-0.25, -0.2) is 0 Å². The number of amides is 2. The van der Waals surface area contributed by atoms with Crippen LogP contribution < -0.4 is 9.64 Å². The Bertz CT molecular complexity index is 959. The number of para-hydroxylation sites is 1. The fraction of sp³-hybridized carbons (Fsp3) is 0.286. The Kier molecular flexibility index (Phi) is 4.59. The molecule has 144 valence electrons. The molecule has 0 spiro atoms. The van der Waals surface area contributed by atoms with Gasteiger partial charge in [0.1, 0.15) is 11.4 Å². The topological polar surface area (TPSA) is 66.9 Å². The molecule has 0 radical (unpaired) electrons. The molecule has 6 nitrogen and oxygen atoms in total. The third-order valence-corrected chi connectivity index (χ3v) is 5.58. The molecule has 1 fully saturated rings. The highest BCUT2D eigenvalue weighted by molar-refractivity contribution is 6.30. The van der Waals surface area contributed by atoms with Crippen LogP contribution in [0.2, 0.25) is 5.02 Å². The number of anilines is 1. The molecule has 4 rings (SSSR count). The lowest BCUT2D eigenvalue weighted by Crippen LogP contribution is -2.62. The van der Waals surface area contributed by atoms with Crippen LogP contribution in [0.25, 0.3) is 0 Å². The fourth-order valence-corrected chi connectivity index (χ4v) is 4.06. The lowest BCUT2D eigenvalue weighted by molar-refractivity contribution is -0.134. The van der Waals surface area contributed by atoms with E-state index in [4.69, 9.17) is 16.3 Å². The predicted octanol–water partition coefficient (Wildman–Crippen LogP) is 3.63. The van der Waals surface area contributed by atoms with Gasteiger partial charge < -0.3 is 9.64 Å². The van der Waals surface area contributed by atoms with E-state index >= 15 is 0 Å². The first-order valence-electron chi connectivity index (χ1n) is 9.10. The number of hydrogen-bond donors (Lipinski definition) is 0. The van der Waals surface area contributed by atoms with Crippen molar-refractivity contribution in [2.45, 2.75) is 31.8 Å². The number of esters is 1. The maximum Gasteiger partial charge on any atom is 0.312 e. The number of rotatable bonds is 4. The van der Waals surface area contributed by atoms with Crippen LogP contribution >= 0.6 is 11.6 Å². The van der Waals surface area contributed by atoms with Crippen LogP contribution in [0, 0.1) is 0 Å². The fourth-order valence-electron chi connectivity index (χ4n) is 3.93. The van der Waals surface area contributed by atoms with Crippen LogP contribution in [0.5, 0.6) is 5.75 Å². The summed E-state index contributed by atoms with van der Waals surface area (Å²) < 4.78 is 5.31. The van der Waals surface area contributed by atoms with E-state index in [9.17, 15) is 14.4 Å². The van der Waals surface area contributed by atoms with Crippen molar-refractivity contribution in [1.29, 1.82) is 0 Å². The van der Waals surface area contributed by atoms with Crippen molar-refractivity contribution in [3.8, 4) is 5.75 Å². The number of carbonyl (C=O) groups excluding carboxylic acids is 3. The third-order valence-electron chi connectivity index (χ3n) is 5.33. The van der Waals surface area contributed by atoms with Gasteiger partial charge in [-0.05, 0) is 49.7 Å². The van der Waals surface area contributed by atoms with E-state index in [2.05, 4.69) is 0 Å². The molecule has 2 heterocycles. The van der Waals surface area contributed by atoms with Gasteiger partial charge in [-0.1, -0.05) is 23.7 Å². The molecule has 0 N–H and O–H groups in total. The molecule has 28 heavy (non-hydrogen) atoms. The number of nitrogens with zero attached hydrogens (tertiary/aromatic N) is 2.